The van der Waals surface area contributed by atoms with E-state index in [-0.39, 0.29) is 0 Å². The van der Waals surface area contributed by atoms with Crippen LogP contribution in [-0.4, -0.2) is 16.4 Å². The van der Waals surface area contributed by atoms with Gasteiger partial charge in [0.05, 0.1) is 11.3 Å². The van der Waals surface area contributed by atoms with Crippen LogP contribution in [0.15, 0.2) is 40.1 Å². The van der Waals surface area contributed by atoms with Gasteiger partial charge in [0.15, 0.2) is 5.69 Å². The molecule has 1 heterocycles. The Balaban J connectivity index is 2.38. The van der Waals surface area contributed by atoms with Crippen LogP contribution in [0.4, 0.5) is 18.9 Å². The van der Waals surface area contributed by atoms with Crippen LogP contribution in [-0.2, 0) is 6.18 Å². The van der Waals surface area contributed by atoms with Crippen LogP contribution in [0.5, 0.6) is 0 Å². The molecule has 0 saturated carbocycles. The number of benzene rings is 1. The van der Waals surface area contributed by atoms with E-state index < -0.39 is 23.0 Å². The molecule has 4 nitrogen and oxygen atoms in total. The van der Waals surface area contributed by atoms with Crippen molar-refractivity contribution in [2.24, 2.45) is 4.99 Å². The van der Waals surface area contributed by atoms with Crippen molar-refractivity contribution >= 4 is 11.9 Å². The monoisotopic (exact) mass is 255 g/mol. The normalized spacial score (nSPS) is 12.2. The van der Waals surface area contributed by atoms with Crippen molar-refractivity contribution in [2.45, 2.75) is 6.18 Å². The van der Waals surface area contributed by atoms with E-state index in [2.05, 4.69) is 4.99 Å². The third kappa shape index (κ3) is 2.50. The van der Waals surface area contributed by atoms with E-state index in [1.54, 1.807) is 35.4 Å². The van der Waals surface area contributed by atoms with Gasteiger partial charge in [-0.3, -0.25) is 20.0 Å². The molecular formula is C11H8F3N3O. The molecule has 18 heavy (non-hydrogen) atoms. The van der Waals surface area contributed by atoms with Gasteiger partial charge in [-0.2, -0.15) is 13.2 Å². The summed E-state index contributed by atoms with van der Waals surface area (Å²) in [5.74, 6) is 0. The maximum atomic E-state index is 12.5. The predicted octanol–water partition coefficient (Wildman–Crippen LogP) is 2.47. The number of rotatable bonds is 2. The fourth-order valence-corrected chi connectivity index (χ4v) is 1.37. The number of nitrogens with zero attached hydrogens (tertiary/aromatic N) is 1. The molecule has 2 N–H and O–H groups in total. The summed E-state index contributed by atoms with van der Waals surface area (Å²) in [6, 6.07) is 8.37. The highest BCUT2D eigenvalue weighted by Crippen LogP contribution is 2.28. The smallest absolute Gasteiger partial charge is 0.293 e. The minimum atomic E-state index is -4.63. The SMILES string of the molecule is O=c1[nH][nH]c(C(F)(F)F)c1C=Nc1ccccc1. The summed E-state index contributed by atoms with van der Waals surface area (Å²) in [4.78, 5) is 15.0. The van der Waals surface area contributed by atoms with Crippen molar-refractivity contribution < 1.29 is 13.2 Å². The molecule has 0 amide bonds. The van der Waals surface area contributed by atoms with Gasteiger partial charge < -0.3 is 0 Å². The summed E-state index contributed by atoms with van der Waals surface area (Å²) in [6.45, 7) is 0. The molecule has 0 saturated heterocycles. The number of aromatic nitrogens is 2. The first-order chi connectivity index (χ1) is 8.48. The third-order valence-electron chi connectivity index (χ3n) is 2.20. The van der Waals surface area contributed by atoms with Crippen molar-refractivity contribution in [1.82, 2.24) is 10.2 Å². The number of alkyl halides is 3. The van der Waals surface area contributed by atoms with Gasteiger partial charge in [-0.15, -0.1) is 0 Å². The van der Waals surface area contributed by atoms with Gasteiger partial charge >= 0.3 is 6.18 Å². The molecule has 0 fully saturated rings. The minimum absolute atomic E-state index is 0.464. The van der Waals surface area contributed by atoms with Crippen LogP contribution in [0.25, 0.3) is 0 Å². The number of hydrogen-bond donors (Lipinski definition) is 2. The van der Waals surface area contributed by atoms with Crippen molar-refractivity contribution in [3.8, 4) is 0 Å². The van der Waals surface area contributed by atoms with Crippen LogP contribution in [0.2, 0.25) is 0 Å². The Morgan fingerprint density at radius 3 is 2.39 bits per heavy atom. The quantitative estimate of drug-likeness (QED) is 0.795. The Morgan fingerprint density at radius 2 is 1.78 bits per heavy atom. The number of H-pyrrole nitrogens is 2. The van der Waals surface area contributed by atoms with Crippen molar-refractivity contribution in [2.75, 3.05) is 0 Å². The molecule has 0 spiro atoms. The predicted molar refractivity (Wildman–Crippen MR) is 60.1 cm³/mol. The maximum Gasteiger partial charge on any atom is 0.433 e. The highest BCUT2D eigenvalue weighted by Gasteiger charge is 2.36. The molecule has 1 aromatic carbocycles. The van der Waals surface area contributed by atoms with Gasteiger partial charge in [0.2, 0.25) is 0 Å². The second-order valence-electron chi connectivity index (χ2n) is 3.46. The lowest BCUT2D eigenvalue weighted by Crippen LogP contribution is -2.12. The number of hydrogen-bond acceptors (Lipinski definition) is 2. The van der Waals surface area contributed by atoms with E-state index in [0.717, 1.165) is 6.21 Å². The molecule has 0 aliphatic rings. The third-order valence-corrected chi connectivity index (χ3v) is 2.20. The summed E-state index contributed by atoms with van der Waals surface area (Å²) in [7, 11) is 0. The van der Waals surface area contributed by atoms with E-state index in [1.807, 2.05) is 5.10 Å². The molecule has 0 aliphatic carbocycles. The second kappa shape index (κ2) is 4.52. The average molecular weight is 255 g/mol. The molecule has 94 valence electrons. The van der Waals surface area contributed by atoms with Crippen molar-refractivity contribution in [3.05, 3.63) is 51.9 Å². The van der Waals surface area contributed by atoms with Crippen molar-refractivity contribution in [3.63, 3.8) is 0 Å². The summed E-state index contributed by atoms with van der Waals surface area (Å²) < 4.78 is 37.6. The van der Waals surface area contributed by atoms with Gasteiger partial charge in [-0.1, -0.05) is 18.2 Å². The zero-order valence-electron chi connectivity index (χ0n) is 8.95. The molecule has 0 unspecified atom stereocenters. The number of aliphatic imine (C=N–C) groups is 1. The van der Waals surface area contributed by atoms with Gasteiger partial charge in [-0.25, -0.2) is 0 Å². The fourth-order valence-electron chi connectivity index (χ4n) is 1.37. The van der Waals surface area contributed by atoms with E-state index in [1.165, 1.54) is 0 Å². The van der Waals surface area contributed by atoms with E-state index in [9.17, 15) is 18.0 Å². The van der Waals surface area contributed by atoms with Crippen LogP contribution in [0.1, 0.15) is 11.3 Å². The Labute approximate surface area is 99.2 Å². The first-order valence-electron chi connectivity index (χ1n) is 4.95. The molecule has 7 heteroatoms. The topological polar surface area (TPSA) is 61.0 Å². The van der Waals surface area contributed by atoms with Gasteiger partial charge in [0.1, 0.15) is 0 Å². The standard InChI is InChI=1S/C11H8F3N3O/c12-11(13,14)9-8(10(18)17-16-9)6-15-7-4-2-1-3-5-7/h1-6H,(H2,16,17,18). The average Bonchev–Trinajstić information content (AvgIpc) is 2.69. The van der Waals surface area contributed by atoms with Gasteiger partial charge in [0.25, 0.3) is 5.56 Å². The Kier molecular flexibility index (Phi) is 3.05. The summed E-state index contributed by atoms with van der Waals surface area (Å²) in [5, 5.41) is 3.68. The lowest BCUT2D eigenvalue weighted by molar-refractivity contribution is -0.141. The molecule has 2 rings (SSSR count). The number of nitrogens with one attached hydrogen (secondary N) is 2. The Bertz CT molecular complexity index is 610. The van der Waals surface area contributed by atoms with Crippen LogP contribution in [0.3, 0.4) is 0 Å². The molecule has 0 radical (unpaired) electrons. The van der Waals surface area contributed by atoms with Crippen LogP contribution in [0, 0.1) is 0 Å². The molecule has 0 aliphatic heterocycles. The Morgan fingerprint density at radius 1 is 1.11 bits per heavy atom. The lowest BCUT2D eigenvalue weighted by atomic mass is 10.2. The minimum Gasteiger partial charge on any atom is -0.293 e. The zero-order chi connectivity index (χ0) is 13.2. The lowest BCUT2D eigenvalue weighted by Gasteiger charge is -2.02. The van der Waals surface area contributed by atoms with E-state index in [4.69, 9.17) is 0 Å². The summed E-state index contributed by atoms with van der Waals surface area (Å²) in [6.07, 6.45) is -3.73. The fraction of sp³-hybridized carbons (Fsp3) is 0.0909. The molecular weight excluding hydrogens is 247 g/mol. The molecule has 0 bridgehead atoms. The van der Waals surface area contributed by atoms with E-state index in [0.29, 0.717) is 5.69 Å². The zero-order valence-corrected chi connectivity index (χ0v) is 8.95. The van der Waals surface area contributed by atoms with Crippen LogP contribution >= 0.6 is 0 Å². The van der Waals surface area contributed by atoms with Crippen LogP contribution < -0.4 is 5.56 Å². The summed E-state index contributed by atoms with van der Waals surface area (Å²) >= 11 is 0. The number of aromatic amines is 2. The molecule has 1 aromatic heterocycles. The largest absolute Gasteiger partial charge is 0.433 e. The number of para-hydroxylation sites is 1. The Hall–Kier alpha value is -2.31. The molecule has 2 aromatic rings. The van der Waals surface area contributed by atoms with Gasteiger partial charge in [0, 0.05) is 6.21 Å². The molecule has 0 atom stereocenters. The number of halogens is 3. The highest BCUT2D eigenvalue weighted by atomic mass is 19.4. The maximum absolute atomic E-state index is 12.5. The summed E-state index contributed by atoms with van der Waals surface area (Å²) in [5.41, 5.74) is -2.06. The highest BCUT2D eigenvalue weighted by molar-refractivity contribution is 5.83. The van der Waals surface area contributed by atoms with E-state index >= 15 is 0 Å². The first kappa shape index (κ1) is 12.2. The first-order valence-corrected chi connectivity index (χ1v) is 4.95. The second-order valence-corrected chi connectivity index (χ2v) is 3.46. The van der Waals surface area contributed by atoms with Crippen molar-refractivity contribution in [1.29, 1.82) is 0 Å². The van der Waals surface area contributed by atoms with Gasteiger partial charge in [-0.05, 0) is 12.1 Å².